The van der Waals surface area contributed by atoms with Gasteiger partial charge in [-0.1, -0.05) is 19.1 Å². The van der Waals surface area contributed by atoms with E-state index in [9.17, 15) is 25.2 Å². The summed E-state index contributed by atoms with van der Waals surface area (Å²) in [5, 5.41) is 43.5. The van der Waals surface area contributed by atoms with Crippen LogP contribution >= 0.6 is 0 Å². The van der Waals surface area contributed by atoms with E-state index < -0.39 is 5.97 Å². The van der Waals surface area contributed by atoms with Gasteiger partial charge in [-0.3, -0.25) is 14.8 Å². The Bertz CT molecular complexity index is 3050. The molecule has 0 aliphatic rings. The molecule has 1 unspecified atom stereocenters. The molecule has 61 heavy (non-hydrogen) atoms. The zero-order chi connectivity index (χ0) is 42.3. The lowest BCUT2D eigenvalue weighted by atomic mass is 9.95. The minimum absolute atomic E-state index is 0.0332. The zero-order valence-corrected chi connectivity index (χ0v) is 32.8. The Morgan fingerprint density at radius 1 is 0.705 bits per heavy atom. The molecule has 1 amide bonds. The van der Waals surface area contributed by atoms with Gasteiger partial charge in [-0.05, 0) is 96.9 Å². The molecule has 8 rings (SSSR count). The number of aromatic carboxylic acids is 1. The molecule has 4 heterocycles. The molecular formula is C48H37N10O3+. The van der Waals surface area contributed by atoms with E-state index in [0.717, 1.165) is 44.4 Å². The maximum absolute atomic E-state index is 14.3. The van der Waals surface area contributed by atoms with Gasteiger partial charge in [0.2, 0.25) is 5.52 Å². The summed E-state index contributed by atoms with van der Waals surface area (Å²) in [6.45, 7) is 2.70. The van der Waals surface area contributed by atoms with Crippen molar-refractivity contribution in [3.63, 3.8) is 0 Å². The van der Waals surface area contributed by atoms with Crippen LogP contribution in [0.2, 0.25) is 0 Å². The summed E-state index contributed by atoms with van der Waals surface area (Å²) in [5.41, 5.74) is 8.18. The predicted octanol–water partition coefficient (Wildman–Crippen LogP) is 9.27. The summed E-state index contributed by atoms with van der Waals surface area (Å²) in [5.74, 6) is -0.741. The van der Waals surface area contributed by atoms with Crippen molar-refractivity contribution in [2.24, 2.45) is 5.92 Å². The van der Waals surface area contributed by atoms with Gasteiger partial charge in [-0.2, -0.15) is 15.1 Å². The molecule has 8 aromatic rings. The molecule has 0 saturated heterocycles. The molecule has 5 N–H and O–H groups in total. The Kier molecular flexibility index (Phi) is 11.2. The van der Waals surface area contributed by atoms with Gasteiger partial charge >= 0.3 is 5.97 Å². The van der Waals surface area contributed by atoms with E-state index in [1.54, 1.807) is 73.3 Å². The monoisotopic (exact) mass is 801 g/mol. The van der Waals surface area contributed by atoms with Gasteiger partial charge < -0.3 is 26.4 Å². The topological polar surface area (TPSA) is 193 Å². The van der Waals surface area contributed by atoms with Crippen LogP contribution < -0.4 is 25.8 Å². The van der Waals surface area contributed by atoms with Crippen LogP contribution in [0.15, 0.2) is 146 Å². The standard InChI is InChI=1S/C48H36N10O3/c1-30(29-58-20-15-44(41-23-32(28-50)6-10-45(41)58)54-36-4-2-3-34(24-36)48(60)61)21-33-7-8-37(55-43-14-19-52-42-9-5-31(27-49)22-40(42)43)25-39(33)47(59)57-38-13-18-53-46(26-38)56-35-11-16-51-17-12-35/h2-20,22-26,30H,21,29H2,1H3,(H4,51,52,53,55,56,57,59,60,61)/p+1. The van der Waals surface area contributed by atoms with E-state index in [2.05, 4.69) is 59.8 Å². The second kappa shape index (κ2) is 17.4. The molecule has 13 heteroatoms. The summed E-state index contributed by atoms with van der Waals surface area (Å²) >= 11 is 0. The number of nitrogens with one attached hydrogen (secondary N) is 4. The molecule has 1 atom stereocenters. The molecule has 0 fully saturated rings. The Balaban J connectivity index is 1.09. The van der Waals surface area contributed by atoms with Crippen molar-refractivity contribution in [1.82, 2.24) is 15.0 Å². The van der Waals surface area contributed by atoms with E-state index in [1.165, 1.54) is 6.07 Å². The summed E-state index contributed by atoms with van der Waals surface area (Å²) in [6, 6.07) is 38.4. The number of carboxylic acids is 1. The second-order valence-corrected chi connectivity index (χ2v) is 14.5. The molecule has 4 aromatic heterocycles. The van der Waals surface area contributed by atoms with E-state index >= 15 is 0 Å². The Morgan fingerprint density at radius 3 is 2.21 bits per heavy atom. The number of carbonyl (C=O) groups is 2. The lowest BCUT2D eigenvalue weighted by Gasteiger charge is -2.17. The number of carbonyl (C=O) groups excluding carboxylic acids is 1. The number of pyridine rings is 4. The third-order valence-electron chi connectivity index (χ3n) is 10.1. The van der Waals surface area contributed by atoms with E-state index in [0.29, 0.717) is 52.5 Å². The van der Waals surface area contributed by atoms with Crippen LogP contribution in [0, 0.1) is 28.6 Å². The number of carboxylic acid groups (broad SMARTS) is 1. The Morgan fingerprint density at radius 2 is 1.43 bits per heavy atom. The minimum Gasteiger partial charge on any atom is -0.478 e. The van der Waals surface area contributed by atoms with Crippen molar-refractivity contribution in [3.8, 4) is 12.1 Å². The van der Waals surface area contributed by atoms with Crippen molar-refractivity contribution in [3.05, 3.63) is 174 Å². The molecule has 0 spiro atoms. The van der Waals surface area contributed by atoms with Crippen LogP contribution in [0.25, 0.3) is 21.8 Å². The normalized spacial score (nSPS) is 11.3. The molecule has 13 nitrogen and oxygen atoms in total. The van der Waals surface area contributed by atoms with Gasteiger partial charge in [0.1, 0.15) is 5.82 Å². The van der Waals surface area contributed by atoms with Crippen molar-refractivity contribution in [2.75, 3.05) is 21.3 Å². The average Bonchev–Trinajstić information content (AvgIpc) is 3.28. The summed E-state index contributed by atoms with van der Waals surface area (Å²) < 4.78 is 2.12. The third-order valence-corrected chi connectivity index (χ3v) is 10.1. The van der Waals surface area contributed by atoms with Gasteiger partial charge in [-0.25, -0.2) is 9.78 Å². The van der Waals surface area contributed by atoms with Gasteiger partial charge in [0.05, 0.1) is 45.4 Å². The number of benzene rings is 4. The van der Waals surface area contributed by atoms with Crippen molar-refractivity contribution in [2.45, 2.75) is 19.9 Å². The largest absolute Gasteiger partial charge is 0.478 e. The molecule has 0 bridgehead atoms. The fourth-order valence-corrected chi connectivity index (χ4v) is 7.22. The van der Waals surface area contributed by atoms with Crippen LogP contribution in [-0.4, -0.2) is 31.9 Å². The summed E-state index contributed by atoms with van der Waals surface area (Å²) in [7, 11) is 0. The van der Waals surface area contributed by atoms with Gasteiger partial charge in [-0.15, -0.1) is 0 Å². The predicted molar refractivity (Wildman–Crippen MR) is 234 cm³/mol. The molecule has 0 saturated carbocycles. The van der Waals surface area contributed by atoms with Gasteiger partial charge in [0, 0.05) is 88.3 Å². The Hall–Kier alpha value is -8.68. The maximum atomic E-state index is 14.3. The number of hydrogen-bond donors (Lipinski definition) is 5. The first-order valence-electron chi connectivity index (χ1n) is 19.3. The highest BCUT2D eigenvalue weighted by Gasteiger charge is 2.21. The first kappa shape index (κ1) is 39.2. The third kappa shape index (κ3) is 9.07. The number of nitrogens with zero attached hydrogens (tertiary/aromatic N) is 6. The first-order valence-corrected chi connectivity index (χ1v) is 19.3. The number of fused-ring (bicyclic) bond motifs is 2. The molecular weight excluding hydrogens is 765 g/mol. The number of rotatable bonds is 13. The number of hydrogen-bond acceptors (Lipinski definition) is 10. The lowest BCUT2D eigenvalue weighted by molar-refractivity contribution is -0.677. The fraction of sp³-hybridized carbons (Fsp3) is 0.0833. The highest BCUT2D eigenvalue weighted by molar-refractivity contribution is 6.06. The van der Waals surface area contributed by atoms with Crippen LogP contribution in [0.4, 0.5) is 39.9 Å². The quantitative estimate of drug-likeness (QED) is 0.0698. The number of aromatic nitrogens is 4. The summed E-state index contributed by atoms with van der Waals surface area (Å²) in [4.78, 5) is 38.9. The lowest BCUT2D eigenvalue weighted by Crippen LogP contribution is -2.38. The maximum Gasteiger partial charge on any atom is 0.335 e. The van der Waals surface area contributed by atoms with Crippen LogP contribution in [0.3, 0.4) is 0 Å². The highest BCUT2D eigenvalue weighted by Crippen LogP contribution is 2.30. The van der Waals surface area contributed by atoms with Gasteiger partial charge in [0.15, 0.2) is 12.7 Å². The zero-order valence-electron chi connectivity index (χ0n) is 32.8. The van der Waals surface area contributed by atoms with Crippen molar-refractivity contribution < 1.29 is 19.3 Å². The smallest absolute Gasteiger partial charge is 0.335 e. The molecule has 0 aliphatic carbocycles. The number of nitriles is 2. The summed E-state index contributed by atoms with van der Waals surface area (Å²) in [6.07, 6.45) is 9.19. The van der Waals surface area contributed by atoms with E-state index in [4.69, 9.17) is 0 Å². The second-order valence-electron chi connectivity index (χ2n) is 14.5. The SMILES string of the molecule is CC(Cc1ccc(Nc2ccnc3ccc(C#N)cc23)cc1C(=O)Nc1ccnc(Nc2ccncc2)c1)C[n+]1ccc(Nc2cccc(C(=O)O)c2)c2cc(C#N)ccc21. The molecule has 0 aliphatic heterocycles. The minimum atomic E-state index is -1.02. The van der Waals surface area contributed by atoms with Crippen LogP contribution in [0.5, 0.6) is 0 Å². The number of anilines is 7. The van der Waals surface area contributed by atoms with Crippen LogP contribution in [-0.2, 0) is 13.0 Å². The van der Waals surface area contributed by atoms with Crippen molar-refractivity contribution in [1.29, 1.82) is 10.5 Å². The first-order chi connectivity index (χ1) is 29.7. The molecule has 4 aromatic carbocycles. The molecule has 296 valence electrons. The molecule has 0 radical (unpaired) electrons. The Labute approximate surface area is 350 Å². The van der Waals surface area contributed by atoms with Crippen LogP contribution in [0.1, 0.15) is 44.3 Å². The van der Waals surface area contributed by atoms with E-state index in [1.807, 2.05) is 66.9 Å². The fourth-order valence-electron chi connectivity index (χ4n) is 7.22. The van der Waals surface area contributed by atoms with E-state index in [-0.39, 0.29) is 17.4 Å². The highest BCUT2D eigenvalue weighted by atomic mass is 16.4. The average molecular weight is 802 g/mol. The van der Waals surface area contributed by atoms with Crippen molar-refractivity contribution >= 4 is 73.6 Å². The van der Waals surface area contributed by atoms with Gasteiger partial charge in [0.25, 0.3) is 5.91 Å². The number of amides is 1.